The Morgan fingerprint density at radius 3 is 1.67 bits per heavy atom. The third kappa shape index (κ3) is 10.9. The van der Waals surface area contributed by atoms with Crippen LogP contribution in [-0.4, -0.2) is 51.9 Å². The molecule has 0 aromatic rings. The van der Waals surface area contributed by atoms with Gasteiger partial charge in [0.25, 0.3) is 0 Å². The Labute approximate surface area is 187 Å². The van der Waals surface area contributed by atoms with Gasteiger partial charge in [0.05, 0.1) is 0 Å². The van der Waals surface area contributed by atoms with Crippen LogP contribution in [0, 0.1) is 0 Å². The predicted octanol–water partition coefficient (Wildman–Crippen LogP) is 5.35. The van der Waals surface area contributed by atoms with Crippen molar-refractivity contribution in [2.24, 2.45) is 0 Å². The first-order chi connectivity index (χ1) is 13.9. The molecule has 2 rings (SSSR count). The number of hydrogen-bond acceptors (Lipinski definition) is 5. The lowest BCUT2D eigenvalue weighted by molar-refractivity contribution is -0.140. The Morgan fingerprint density at radius 1 is 0.900 bits per heavy atom. The summed E-state index contributed by atoms with van der Waals surface area (Å²) in [5.74, 6) is -1.07. The molecule has 0 spiro atoms. The fourth-order valence-electron chi connectivity index (χ4n) is 3.95. The molecule has 0 heterocycles. The van der Waals surface area contributed by atoms with Crippen LogP contribution in [0.1, 0.15) is 98.8 Å². The summed E-state index contributed by atoms with van der Waals surface area (Å²) in [7, 11) is 0. The minimum absolute atomic E-state index is 0.608. The van der Waals surface area contributed by atoms with Crippen molar-refractivity contribution in [2.75, 3.05) is 6.26 Å². The lowest BCUT2D eigenvalue weighted by atomic mass is 9.91. The van der Waals surface area contributed by atoms with E-state index in [1.807, 2.05) is 0 Å². The van der Waals surface area contributed by atoms with Crippen molar-refractivity contribution in [1.82, 2.24) is 10.6 Å². The van der Waals surface area contributed by atoms with Crippen LogP contribution in [-0.2, 0) is 9.53 Å². The molecule has 2 aliphatic rings. The van der Waals surface area contributed by atoms with Crippen LogP contribution in [0.2, 0.25) is 0 Å². The predicted molar refractivity (Wildman–Crippen MR) is 125 cm³/mol. The van der Waals surface area contributed by atoms with E-state index in [-0.39, 0.29) is 0 Å². The van der Waals surface area contributed by atoms with E-state index in [1.165, 1.54) is 76.0 Å². The second-order valence-corrected chi connectivity index (χ2v) is 11.5. The van der Waals surface area contributed by atoms with Crippen molar-refractivity contribution in [1.29, 1.82) is 0 Å². The van der Waals surface area contributed by atoms with Crippen LogP contribution < -0.4 is 10.6 Å². The quantitative estimate of drug-likeness (QED) is 0.512. The number of rotatable bonds is 6. The van der Waals surface area contributed by atoms with Gasteiger partial charge < -0.3 is 20.5 Å². The molecular formula is C23H44N2O4S. The number of ether oxygens (including phenoxy) is 1. The van der Waals surface area contributed by atoms with Crippen molar-refractivity contribution in [3.05, 3.63) is 0 Å². The highest BCUT2D eigenvalue weighted by atomic mass is 32.2. The van der Waals surface area contributed by atoms with E-state index in [0.717, 1.165) is 12.1 Å². The summed E-state index contributed by atoms with van der Waals surface area (Å²) in [5.41, 5.74) is -0.642. The molecule has 1 atom stereocenters. The summed E-state index contributed by atoms with van der Waals surface area (Å²) in [6, 6.07) is 0.751. The van der Waals surface area contributed by atoms with Gasteiger partial charge in [-0.05, 0) is 66.6 Å². The van der Waals surface area contributed by atoms with Gasteiger partial charge >= 0.3 is 12.1 Å². The highest BCUT2D eigenvalue weighted by molar-refractivity contribution is 8.00. The number of hydrogen-bond donors (Lipinski definition) is 3. The number of carboxylic acid groups (broad SMARTS) is 1. The lowest BCUT2D eigenvalue weighted by Gasteiger charge is -2.31. The Bertz CT molecular complexity index is 506. The summed E-state index contributed by atoms with van der Waals surface area (Å²) in [5, 5.41) is 15.3. The van der Waals surface area contributed by atoms with Gasteiger partial charge in [-0.15, -0.1) is 0 Å². The van der Waals surface area contributed by atoms with Crippen LogP contribution in [0.25, 0.3) is 0 Å². The number of carbonyl (C=O) groups is 2. The summed E-state index contributed by atoms with van der Waals surface area (Å²) < 4.78 is 4.43. The maximum atomic E-state index is 11.5. The molecule has 0 aromatic carbocycles. The number of nitrogens with one attached hydrogen (secondary N) is 2. The largest absolute Gasteiger partial charge is 0.480 e. The second kappa shape index (κ2) is 12.8. The van der Waals surface area contributed by atoms with Crippen LogP contribution in [0.3, 0.4) is 0 Å². The van der Waals surface area contributed by atoms with Crippen molar-refractivity contribution in [3.63, 3.8) is 0 Å². The van der Waals surface area contributed by atoms with E-state index in [0.29, 0.717) is 0 Å². The summed E-state index contributed by atoms with van der Waals surface area (Å²) in [4.78, 5) is 22.7. The third-order valence-corrected chi connectivity index (χ3v) is 7.10. The monoisotopic (exact) mass is 444 g/mol. The summed E-state index contributed by atoms with van der Waals surface area (Å²) >= 11 is 1.37. The topological polar surface area (TPSA) is 87.7 Å². The van der Waals surface area contributed by atoms with E-state index < -0.39 is 28.5 Å². The number of aliphatic carboxylic acids is 1. The molecule has 0 saturated heterocycles. The molecular weight excluding hydrogens is 400 g/mol. The van der Waals surface area contributed by atoms with Crippen LogP contribution >= 0.6 is 11.8 Å². The van der Waals surface area contributed by atoms with Crippen LogP contribution in [0.15, 0.2) is 0 Å². The molecule has 2 saturated carbocycles. The molecule has 0 aliphatic heterocycles. The van der Waals surface area contributed by atoms with Crippen molar-refractivity contribution < 1.29 is 19.4 Å². The Hall–Kier alpha value is -0.950. The van der Waals surface area contributed by atoms with Gasteiger partial charge in [-0.2, -0.15) is 11.8 Å². The maximum absolute atomic E-state index is 11.5. The summed E-state index contributed by atoms with van der Waals surface area (Å²) in [6.07, 6.45) is 15.6. The van der Waals surface area contributed by atoms with Gasteiger partial charge in [0.1, 0.15) is 11.6 Å². The van der Waals surface area contributed by atoms with Crippen molar-refractivity contribution in [2.45, 2.75) is 127 Å². The lowest BCUT2D eigenvalue weighted by Crippen LogP contribution is -2.53. The molecule has 0 aromatic heterocycles. The Balaban J connectivity index is 0.000000308. The second-order valence-electron chi connectivity index (χ2n) is 10.1. The first kappa shape index (κ1) is 27.1. The van der Waals surface area contributed by atoms with Gasteiger partial charge in [0.2, 0.25) is 0 Å². The zero-order valence-electron chi connectivity index (χ0n) is 19.9. The molecule has 30 heavy (non-hydrogen) atoms. The molecule has 1 amide bonds. The van der Waals surface area contributed by atoms with E-state index >= 15 is 0 Å². The smallest absolute Gasteiger partial charge is 0.408 e. The molecule has 176 valence electrons. The zero-order valence-corrected chi connectivity index (χ0v) is 20.7. The highest BCUT2D eigenvalue weighted by Crippen LogP contribution is 2.26. The standard InChI is InChI=1S/C12H23N.C11H21NO4S/c1-3-7-11(8-4-1)13-12-9-5-2-6-10-12;1-10(2,3)16-9(15)12-7(8(13)14)11(4,5)17-6/h11-13H,1-10H2;7H,1-6H3,(H,12,15)(H,13,14). The first-order valence-corrected chi connectivity index (χ1v) is 12.7. The average Bonchev–Trinajstić information content (AvgIpc) is 2.66. The highest BCUT2D eigenvalue weighted by Gasteiger charge is 2.37. The van der Waals surface area contributed by atoms with Gasteiger partial charge in [-0.1, -0.05) is 38.5 Å². The van der Waals surface area contributed by atoms with Crippen molar-refractivity contribution in [3.8, 4) is 0 Å². The summed E-state index contributed by atoms with van der Waals surface area (Å²) in [6.45, 7) is 8.69. The minimum Gasteiger partial charge on any atom is -0.480 e. The van der Waals surface area contributed by atoms with E-state index in [2.05, 4.69) is 10.6 Å². The van der Waals surface area contributed by atoms with Gasteiger partial charge in [-0.25, -0.2) is 9.59 Å². The van der Waals surface area contributed by atoms with Gasteiger partial charge in [0, 0.05) is 16.8 Å². The minimum atomic E-state index is -1.07. The van der Waals surface area contributed by atoms with Crippen molar-refractivity contribution >= 4 is 23.8 Å². The number of alkyl carbamates (subject to hydrolysis) is 1. The average molecular weight is 445 g/mol. The fraction of sp³-hybridized carbons (Fsp3) is 0.913. The number of amides is 1. The number of carboxylic acids is 1. The van der Waals surface area contributed by atoms with E-state index in [1.54, 1.807) is 40.9 Å². The van der Waals surface area contributed by atoms with Gasteiger partial charge in [-0.3, -0.25) is 0 Å². The zero-order chi connectivity index (χ0) is 22.8. The normalized spacial score (nSPS) is 19.9. The molecule has 3 N–H and O–H groups in total. The molecule has 0 bridgehead atoms. The van der Waals surface area contributed by atoms with Crippen LogP contribution in [0.4, 0.5) is 4.79 Å². The first-order valence-electron chi connectivity index (χ1n) is 11.5. The molecule has 1 unspecified atom stereocenters. The van der Waals surface area contributed by atoms with Gasteiger partial charge in [0.15, 0.2) is 0 Å². The molecule has 0 radical (unpaired) electrons. The van der Waals surface area contributed by atoms with E-state index in [9.17, 15) is 9.59 Å². The molecule has 2 aliphatic carbocycles. The maximum Gasteiger partial charge on any atom is 0.408 e. The Morgan fingerprint density at radius 2 is 1.33 bits per heavy atom. The molecule has 6 nitrogen and oxygen atoms in total. The van der Waals surface area contributed by atoms with E-state index in [4.69, 9.17) is 9.84 Å². The Kier molecular flexibility index (Phi) is 11.6. The molecule has 7 heteroatoms. The third-order valence-electron chi connectivity index (χ3n) is 5.81. The number of thioether (sulfide) groups is 1. The number of carbonyl (C=O) groups excluding carboxylic acids is 1. The fourth-order valence-corrected chi connectivity index (χ4v) is 4.34. The molecule has 2 fully saturated rings. The SMILES string of the molecule is C1CCC(NC2CCCCC2)CC1.CSC(C)(C)C(NC(=O)OC(C)(C)C)C(=O)O. The van der Waals surface area contributed by atoms with Crippen LogP contribution in [0.5, 0.6) is 0 Å².